The lowest BCUT2D eigenvalue weighted by molar-refractivity contribution is -0.154. The second-order valence-electron chi connectivity index (χ2n) is 12.0. The van der Waals surface area contributed by atoms with Crippen molar-refractivity contribution in [1.82, 2.24) is 30.9 Å². The van der Waals surface area contributed by atoms with Crippen LogP contribution in [-0.2, 0) is 15.1 Å². The number of ether oxygens (including phenoxy) is 1. The Labute approximate surface area is 284 Å². The Kier molecular flexibility index (Phi) is 11.4. The van der Waals surface area contributed by atoms with Crippen LogP contribution in [0.3, 0.4) is 0 Å². The number of anilines is 3. The van der Waals surface area contributed by atoms with Crippen molar-refractivity contribution >= 4 is 46.9 Å². The third-order valence-electron chi connectivity index (χ3n) is 8.02. The van der Waals surface area contributed by atoms with Gasteiger partial charge >= 0.3 is 24.0 Å². The third-order valence-corrected chi connectivity index (χ3v) is 8.28. The van der Waals surface area contributed by atoms with E-state index in [9.17, 15) is 32.7 Å². The molecule has 2 fully saturated rings. The van der Waals surface area contributed by atoms with Gasteiger partial charge in [-0.05, 0) is 67.6 Å². The lowest BCUT2D eigenvalue weighted by Gasteiger charge is -2.22. The molecule has 0 bridgehead atoms. The molecule has 1 aromatic heterocycles. The molecule has 1 unspecified atom stereocenters. The summed E-state index contributed by atoms with van der Waals surface area (Å²) in [7, 11) is 0. The van der Waals surface area contributed by atoms with E-state index in [1.54, 1.807) is 12.1 Å². The first kappa shape index (κ1) is 35.6. The molecule has 0 radical (unpaired) electrons. The fourth-order valence-electron chi connectivity index (χ4n) is 5.28. The van der Waals surface area contributed by atoms with Crippen LogP contribution in [0.1, 0.15) is 60.9 Å². The highest BCUT2D eigenvalue weighted by atomic mass is 35.5. The van der Waals surface area contributed by atoms with Gasteiger partial charge in [0, 0.05) is 35.4 Å². The maximum atomic E-state index is 12.9. The van der Waals surface area contributed by atoms with Crippen molar-refractivity contribution in [2.75, 3.05) is 30.3 Å². The average Bonchev–Trinajstić information content (AvgIpc) is 3.86. The minimum atomic E-state index is -4.61. The molecule has 17 heteroatoms. The summed E-state index contributed by atoms with van der Waals surface area (Å²) in [6.45, 7) is -2.03. The maximum absolute atomic E-state index is 12.9. The number of alkyl halides is 3. The lowest BCUT2D eigenvalue weighted by Crippen LogP contribution is -2.48. The van der Waals surface area contributed by atoms with Crippen LogP contribution in [0.15, 0.2) is 48.5 Å². The van der Waals surface area contributed by atoms with Crippen LogP contribution in [0.5, 0.6) is 6.01 Å². The van der Waals surface area contributed by atoms with Crippen molar-refractivity contribution in [3.05, 3.63) is 64.7 Å². The van der Waals surface area contributed by atoms with Gasteiger partial charge in [0.05, 0.1) is 11.6 Å². The summed E-state index contributed by atoms with van der Waals surface area (Å²) in [6, 6.07) is 12.6. The molecule has 1 heterocycles. The topological polar surface area (TPSA) is 179 Å². The Balaban J connectivity index is 1.15. The zero-order chi connectivity index (χ0) is 35.0. The highest BCUT2D eigenvalue weighted by Gasteiger charge is 2.45. The Morgan fingerprint density at radius 1 is 0.898 bits per heavy atom. The summed E-state index contributed by atoms with van der Waals surface area (Å²) < 4.78 is 43.5. The highest BCUT2D eigenvalue weighted by Crippen LogP contribution is 2.48. The largest absolute Gasteiger partial charge is 0.454 e. The molecular formula is C32H36ClF3N8O5. The quantitative estimate of drug-likeness (QED) is 0.143. The molecule has 13 nitrogen and oxygen atoms in total. The van der Waals surface area contributed by atoms with Crippen molar-refractivity contribution in [3.8, 4) is 6.01 Å². The number of hydrogen-bond acceptors (Lipinski definition) is 10. The predicted octanol–water partition coefficient (Wildman–Crippen LogP) is 3.97. The van der Waals surface area contributed by atoms with E-state index in [0.29, 0.717) is 10.7 Å². The molecule has 2 aliphatic carbocycles. The number of hydrogen-bond donors (Lipinski definition) is 6. The van der Waals surface area contributed by atoms with Crippen molar-refractivity contribution in [2.45, 2.75) is 68.8 Å². The van der Waals surface area contributed by atoms with Gasteiger partial charge in [-0.3, -0.25) is 14.4 Å². The Morgan fingerprint density at radius 3 is 2.20 bits per heavy atom. The standard InChI is InChI=1S/C32H36ClF3N8O5/c33-21-10-8-20(9-11-21)31(14-15-31)44-29-41-28(42-30(43-29)49-18-32(34,35)36)40-23-12-6-19(7-13-23)25(46)37-16-24(45)17-38-26(47)27(48)39-22-4-2-1-3-5-22/h6-13,22,24,45H,1-5,14-18H2,(H,37,46)(H,38,47)(H,39,48)(H2,40,41,42,43,44). The number of carbonyl (C=O) groups is 3. The Morgan fingerprint density at radius 2 is 1.55 bits per heavy atom. The van der Waals surface area contributed by atoms with E-state index in [1.807, 2.05) is 12.1 Å². The molecule has 3 amide bonds. The molecular weight excluding hydrogens is 669 g/mol. The normalized spacial score (nSPS) is 16.2. The summed E-state index contributed by atoms with van der Waals surface area (Å²) >= 11 is 6.01. The number of amides is 3. The molecule has 3 aromatic rings. The minimum Gasteiger partial charge on any atom is -0.454 e. The van der Waals surface area contributed by atoms with Gasteiger partial charge < -0.3 is 36.4 Å². The van der Waals surface area contributed by atoms with Crippen LogP contribution < -0.4 is 31.3 Å². The van der Waals surface area contributed by atoms with Gasteiger partial charge in [0.1, 0.15) is 0 Å². The van der Waals surface area contributed by atoms with Crippen LogP contribution in [0.2, 0.25) is 5.02 Å². The first-order chi connectivity index (χ1) is 23.4. The zero-order valence-electron chi connectivity index (χ0n) is 26.3. The number of aliphatic hydroxyl groups excluding tert-OH is 1. The second-order valence-corrected chi connectivity index (χ2v) is 12.4. The number of nitrogens with one attached hydrogen (secondary N) is 5. The lowest BCUT2D eigenvalue weighted by atomic mass is 9.95. The molecule has 5 rings (SSSR count). The number of rotatable bonds is 13. The van der Waals surface area contributed by atoms with E-state index < -0.39 is 48.2 Å². The molecule has 6 N–H and O–H groups in total. The third kappa shape index (κ3) is 10.6. The van der Waals surface area contributed by atoms with E-state index in [4.69, 9.17) is 16.3 Å². The number of aromatic nitrogens is 3. The predicted molar refractivity (Wildman–Crippen MR) is 173 cm³/mol. The number of carbonyl (C=O) groups excluding carboxylic acids is 3. The zero-order valence-corrected chi connectivity index (χ0v) is 27.0. The van der Waals surface area contributed by atoms with Gasteiger partial charge in [-0.25, -0.2) is 0 Å². The number of halogens is 4. The van der Waals surface area contributed by atoms with Crippen molar-refractivity contribution in [3.63, 3.8) is 0 Å². The van der Waals surface area contributed by atoms with E-state index in [-0.39, 0.29) is 36.6 Å². The first-order valence-electron chi connectivity index (χ1n) is 15.8. The van der Waals surface area contributed by atoms with Crippen LogP contribution >= 0.6 is 11.6 Å². The second kappa shape index (κ2) is 15.7. The smallest absolute Gasteiger partial charge is 0.422 e. The number of nitrogens with zero attached hydrogens (tertiary/aromatic N) is 3. The summed E-state index contributed by atoms with van der Waals surface area (Å²) in [5.74, 6) is -2.23. The van der Waals surface area contributed by atoms with E-state index in [2.05, 4.69) is 41.5 Å². The fourth-order valence-corrected chi connectivity index (χ4v) is 5.41. The van der Waals surface area contributed by atoms with Crippen LogP contribution in [0.4, 0.5) is 30.8 Å². The van der Waals surface area contributed by atoms with Crippen LogP contribution in [-0.4, -0.2) is 75.8 Å². The molecule has 0 spiro atoms. The summed E-state index contributed by atoms with van der Waals surface area (Å²) in [4.78, 5) is 49.2. The Hall–Kier alpha value is -4.70. The van der Waals surface area contributed by atoms with E-state index >= 15 is 0 Å². The molecule has 0 saturated heterocycles. The molecule has 2 saturated carbocycles. The van der Waals surface area contributed by atoms with E-state index in [1.165, 1.54) is 24.3 Å². The summed E-state index contributed by atoms with van der Waals surface area (Å²) in [5, 5.41) is 24.5. The highest BCUT2D eigenvalue weighted by molar-refractivity contribution is 6.35. The Bertz CT molecular complexity index is 1620. The summed E-state index contributed by atoms with van der Waals surface area (Å²) in [6.07, 6.45) is 0.467. The van der Waals surface area contributed by atoms with Gasteiger partial charge in [-0.1, -0.05) is 43.0 Å². The average molecular weight is 705 g/mol. The van der Waals surface area contributed by atoms with E-state index in [0.717, 1.165) is 50.5 Å². The molecule has 262 valence electrons. The summed E-state index contributed by atoms with van der Waals surface area (Å²) in [5.41, 5.74) is 1.03. The molecule has 0 aliphatic heterocycles. The first-order valence-corrected chi connectivity index (χ1v) is 16.2. The molecule has 49 heavy (non-hydrogen) atoms. The maximum Gasteiger partial charge on any atom is 0.422 e. The number of benzene rings is 2. The van der Waals surface area contributed by atoms with Gasteiger partial charge in [0.25, 0.3) is 5.91 Å². The van der Waals surface area contributed by atoms with Gasteiger partial charge in [-0.2, -0.15) is 28.1 Å². The molecule has 2 aromatic carbocycles. The van der Waals surface area contributed by atoms with Crippen molar-refractivity contribution < 1.29 is 37.4 Å². The van der Waals surface area contributed by atoms with Gasteiger partial charge in [-0.15, -0.1) is 0 Å². The SMILES string of the molecule is O=C(NCC(O)CNC(=O)c1ccc(Nc2nc(NC3(c4ccc(Cl)cc4)CC3)nc(OCC(F)(F)F)n2)cc1)C(=O)NC1CCCCC1. The van der Waals surface area contributed by atoms with Crippen LogP contribution in [0, 0.1) is 0 Å². The monoisotopic (exact) mass is 704 g/mol. The van der Waals surface area contributed by atoms with Crippen molar-refractivity contribution in [1.29, 1.82) is 0 Å². The van der Waals surface area contributed by atoms with Gasteiger partial charge in [0.15, 0.2) is 6.61 Å². The molecule has 2 aliphatic rings. The minimum absolute atomic E-state index is 0.00211. The van der Waals surface area contributed by atoms with Gasteiger partial charge in [0.2, 0.25) is 11.9 Å². The fraction of sp³-hybridized carbons (Fsp3) is 0.438. The number of aliphatic hydroxyl groups is 1. The van der Waals surface area contributed by atoms with Crippen molar-refractivity contribution in [2.24, 2.45) is 0 Å². The van der Waals surface area contributed by atoms with Crippen LogP contribution in [0.25, 0.3) is 0 Å². The molecule has 1 atom stereocenters.